The van der Waals surface area contributed by atoms with Crippen LogP contribution in [0.5, 0.6) is 5.75 Å². The molecular formula is C14H19Cl3N2O2. The number of carbonyl (C=O) groups is 1. The zero-order chi connectivity index (χ0) is 14.5. The molecule has 0 aromatic heterocycles. The molecule has 2 rings (SSSR count). The standard InChI is InChI=1S/C14H18Cl2N2O2.ClH/c1-20-13-7-12(16)11(15)6-10(13)14(19)18-5-3-9-2-4-17-8-9;/h6-7,9,17H,2-5,8H2,1H3,(H,18,19);1H. The third-order valence-corrected chi connectivity index (χ3v) is 4.21. The Labute approximate surface area is 140 Å². The predicted molar refractivity (Wildman–Crippen MR) is 88.2 cm³/mol. The highest BCUT2D eigenvalue weighted by molar-refractivity contribution is 6.42. The summed E-state index contributed by atoms with van der Waals surface area (Å²) in [5.41, 5.74) is 0.409. The van der Waals surface area contributed by atoms with E-state index in [2.05, 4.69) is 10.6 Å². The lowest BCUT2D eigenvalue weighted by Gasteiger charge is -2.12. The molecule has 1 heterocycles. The average molecular weight is 354 g/mol. The largest absolute Gasteiger partial charge is 0.496 e. The molecule has 1 amide bonds. The Kier molecular flexibility index (Phi) is 7.60. The molecule has 4 nitrogen and oxygen atoms in total. The van der Waals surface area contributed by atoms with Crippen molar-refractivity contribution in [1.29, 1.82) is 0 Å². The molecule has 2 N–H and O–H groups in total. The van der Waals surface area contributed by atoms with E-state index < -0.39 is 0 Å². The highest BCUT2D eigenvalue weighted by Gasteiger charge is 2.17. The number of amides is 1. The van der Waals surface area contributed by atoms with Crippen LogP contribution in [-0.2, 0) is 0 Å². The first-order chi connectivity index (χ1) is 9.61. The number of hydrogen-bond acceptors (Lipinski definition) is 3. The van der Waals surface area contributed by atoms with E-state index in [1.54, 1.807) is 6.07 Å². The maximum atomic E-state index is 12.2. The quantitative estimate of drug-likeness (QED) is 0.855. The van der Waals surface area contributed by atoms with E-state index in [4.69, 9.17) is 27.9 Å². The van der Waals surface area contributed by atoms with Gasteiger partial charge in [-0.25, -0.2) is 0 Å². The van der Waals surface area contributed by atoms with Gasteiger partial charge in [0.25, 0.3) is 5.91 Å². The van der Waals surface area contributed by atoms with Crippen LogP contribution in [0.3, 0.4) is 0 Å². The topological polar surface area (TPSA) is 50.4 Å². The number of nitrogens with one attached hydrogen (secondary N) is 2. The molecule has 1 aliphatic rings. The van der Waals surface area contributed by atoms with Crippen LogP contribution in [0, 0.1) is 5.92 Å². The fourth-order valence-corrected chi connectivity index (χ4v) is 2.64. The maximum absolute atomic E-state index is 12.2. The second kappa shape index (κ2) is 8.69. The summed E-state index contributed by atoms with van der Waals surface area (Å²) in [7, 11) is 1.50. The highest BCUT2D eigenvalue weighted by Crippen LogP contribution is 2.30. The number of carbonyl (C=O) groups excluding carboxylic acids is 1. The Balaban J connectivity index is 0.00000220. The Morgan fingerprint density at radius 1 is 1.43 bits per heavy atom. The molecule has 0 aliphatic carbocycles. The van der Waals surface area contributed by atoms with Crippen molar-refractivity contribution in [3.8, 4) is 5.75 Å². The summed E-state index contributed by atoms with van der Waals surface area (Å²) >= 11 is 11.9. The summed E-state index contributed by atoms with van der Waals surface area (Å²) in [6.07, 6.45) is 2.15. The van der Waals surface area contributed by atoms with Crippen molar-refractivity contribution < 1.29 is 9.53 Å². The fraction of sp³-hybridized carbons (Fsp3) is 0.500. The Morgan fingerprint density at radius 3 is 2.76 bits per heavy atom. The second-order valence-corrected chi connectivity index (χ2v) is 5.68. The Morgan fingerprint density at radius 2 is 2.14 bits per heavy atom. The van der Waals surface area contributed by atoms with Gasteiger partial charge in [-0.3, -0.25) is 4.79 Å². The van der Waals surface area contributed by atoms with Gasteiger partial charge >= 0.3 is 0 Å². The maximum Gasteiger partial charge on any atom is 0.255 e. The fourth-order valence-electron chi connectivity index (χ4n) is 2.32. The number of ether oxygens (including phenoxy) is 1. The molecule has 0 spiro atoms. The van der Waals surface area contributed by atoms with E-state index in [1.807, 2.05) is 0 Å². The van der Waals surface area contributed by atoms with E-state index >= 15 is 0 Å². The number of rotatable bonds is 5. The number of halogens is 3. The summed E-state index contributed by atoms with van der Waals surface area (Å²) in [6.45, 7) is 2.75. The molecule has 1 aliphatic heterocycles. The monoisotopic (exact) mass is 352 g/mol. The number of hydrogen-bond donors (Lipinski definition) is 2. The van der Waals surface area contributed by atoms with E-state index in [0.29, 0.717) is 33.8 Å². The van der Waals surface area contributed by atoms with Crippen LogP contribution in [0.4, 0.5) is 0 Å². The van der Waals surface area contributed by atoms with Crippen molar-refractivity contribution in [2.45, 2.75) is 12.8 Å². The molecular weight excluding hydrogens is 335 g/mol. The Bertz CT molecular complexity index is 491. The lowest BCUT2D eigenvalue weighted by atomic mass is 10.1. The van der Waals surface area contributed by atoms with Crippen LogP contribution in [0.1, 0.15) is 23.2 Å². The van der Waals surface area contributed by atoms with Crippen molar-refractivity contribution in [1.82, 2.24) is 10.6 Å². The summed E-state index contributed by atoms with van der Waals surface area (Å²) < 4.78 is 5.17. The van der Waals surface area contributed by atoms with Gasteiger partial charge in [-0.05, 0) is 37.9 Å². The van der Waals surface area contributed by atoms with Crippen LogP contribution in [0.2, 0.25) is 10.0 Å². The first-order valence-electron chi connectivity index (χ1n) is 6.63. The average Bonchev–Trinajstić information content (AvgIpc) is 2.94. The molecule has 1 aromatic rings. The van der Waals surface area contributed by atoms with Crippen LogP contribution >= 0.6 is 35.6 Å². The molecule has 21 heavy (non-hydrogen) atoms. The molecule has 1 aromatic carbocycles. The van der Waals surface area contributed by atoms with E-state index in [1.165, 1.54) is 19.6 Å². The lowest BCUT2D eigenvalue weighted by Crippen LogP contribution is -2.26. The van der Waals surface area contributed by atoms with Crippen LogP contribution < -0.4 is 15.4 Å². The minimum absolute atomic E-state index is 0. The summed E-state index contributed by atoms with van der Waals surface area (Å²) in [5.74, 6) is 0.886. The predicted octanol–water partition coefficient (Wildman–Crippen LogP) is 3.15. The zero-order valence-electron chi connectivity index (χ0n) is 11.7. The number of methoxy groups -OCH3 is 1. The summed E-state index contributed by atoms with van der Waals surface area (Å²) in [4.78, 5) is 12.2. The van der Waals surface area contributed by atoms with Gasteiger partial charge in [0.05, 0.1) is 22.7 Å². The first kappa shape index (κ1) is 18.4. The van der Waals surface area contributed by atoms with Crippen molar-refractivity contribution in [3.05, 3.63) is 27.7 Å². The van der Waals surface area contributed by atoms with Gasteiger partial charge < -0.3 is 15.4 Å². The second-order valence-electron chi connectivity index (χ2n) is 4.87. The minimum Gasteiger partial charge on any atom is -0.496 e. The molecule has 1 unspecified atom stereocenters. The molecule has 0 radical (unpaired) electrons. The van der Waals surface area contributed by atoms with Crippen molar-refractivity contribution in [3.63, 3.8) is 0 Å². The molecule has 0 saturated carbocycles. The number of benzene rings is 1. The van der Waals surface area contributed by atoms with E-state index in [-0.39, 0.29) is 18.3 Å². The van der Waals surface area contributed by atoms with Gasteiger partial charge in [-0.2, -0.15) is 0 Å². The van der Waals surface area contributed by atoms with E-state index in [9.17, 15) is 4.79 Å². The van der Waals surface area contributed by atoms with Gasteiger partial charge in [0.2, 0.25) is 0 Å². The van der Waals surface area contributed by atoms with E-state index in [0.717, 1.165) is 19.5 Å². The summed E-state index contributed by atoms with van der Waals surface area (Å²) in [6, 6.07) is 3.09. The van der Waals surface area contributed by atoms with Crippen molar-refractivity contribution >= 4 is 41.5 Å². The van der Waals surface area contributed by atoms with Crippen molar-refractivity contribution in [2.75, 3.05) is 26.7 Å². The molecule has 1 atom stereocenters. The minimum atomic E-state index is -0.189. The Hall–Kier alpha value is -0.680. The molecule has 1 fully saturated rings. The lowest BCUT2D eigenvalue weighted by molar-refractivity contribution is 0.0948. The first-order valence-corrected chi connectivity index (χ1v) is 7.39. The van der Waals surface area contributed by atoms with Gasteiger partial charge in [-0.15, -0.1) is 12.4 Å². The van der Waals surface area contributed by atoms with Gasteiger partial charge in [-0.1, -0.05) is 23.2 Å². The smallest absolute Gasteiger partial charge is 0.255 e. The van der Waals surface area contributed by atoms with Gasteiger partial charge in [0.1, 0.15) is 5.75 Å². The highest BCUT2D eigenvalue weighted by atomic mass is 35.5. The SMILES string of the molecule is COc1cc(Cl)c(Cl)cc1C(=O)NCCC1CCNC1.Cl. The third-order valence-electron chi connectivity index (χ3n) is 3.49. The summed E-state index contributed by atoms with van der Waals surface area (Å²) in [5, 5.41) is 6.93. The van der Waals surface area contributed by atoms with Gasteiger partial charge in [0.15, 0.2) is 0 Å². The van der Waals surface area contributed by atoms with Crippen LogP contribution in [0.25, 0.3) is 0 Å². The van der Waals surface area contributed by atoms with Crippen LogP contribution in [-0.4, -0.2) is 32.7 Å². The zero-order valence-corrected chi connectivity index (χ0v) is 14.1. The molecule has 1 saturated heterocycles. The normalized spacial score (nSPS) is 17.2. The molecule has 118 valence electrons. The van der Waals surface area contributed by atoms with Crippen molar-refractivity contribution in [2.24, 2.45) is 5.92 Å². The van der Waals surface area contributed by atoms with Crippen LogP contribution in [0.15, 0.2) is 12.1 Å². The molecule has 0 bridgehead atoms. The van der Waals surface area contributed by atoms with Gasteiger partial charge in [0, 0.05) is 12.6 Å². The molecule has 7 heteroatoms. The third kappa shape index (κ3) is 4.92.